The van der Waals surface area contributed by atoms with Crippen LogP contribution in [-0.4, -0.2) is 30.7 Å². The number of piperidine rings is 1. The fraction of sp³-hybridized carbons (Fsp3) is 0.500. The maximum atomic E-state index is 13.4. The standard InChI is InChI=1S/C14H16F4N2O/c15-11-4-2-1-3-9(11)7-13(21)20-10-5-6-12(19-8-10)14(16,17)18/h1-4,10,12,19H,5-8H2,(H,20,21). The Hall–Kier alpha value is -1.63. The fourth-order valence-electron chi connectivity index (χ4n) is 2.35. The quantitative estimate of drug-likeness (QED) is 0.840. The van der Waals surface area contributed by atoms with Crippen LogP contribution in [0.4, 0.5) is 17.6 Å². The molecule has 7 heteroatoms. The van der Waals surface area contributed by atoms with Gasteiger partial charge in [0, 0.05) is 12.6 Å². The summed E-state index contributed by atoms with van der Waals surface area (Å²) >= 11 is 0. The van der Waals surface area contributed by atoms with E-state index in [-0.39, 0.29) is 37.4 Å². The van der Waals surface area contributed by atoms with Crippen molar-refractivity contribution >= 4 is 5.91 Å². The van der Waals surface area contributed by atoms with Gasteiger partial charge in [-0.05, 0) is 24.5 Å². The molecule has 0 bridgehead atoms. The molecule has 2 atom stereocenters. The van der Waals surface area contributed by atoms with Crippen molar-refractivity contribution in [2.24, 2.45) is 0 Å². The average molecular weight is 304 g/mol. The van der Waals surface area contributed by atoms with Crippen molar-refractivity contribution in [3.63, 3.8) is 0 Å². The van der Waals surface area contributed by atoms with Gasteiger partial charge in [-0.1, -0.05) is 18.2 Å². The zero-order valence-electron chi connectivity index (χ0n) is 11.2. The van der Waals surface area contributed by atoms with Crippen molar-refractivity contribution in [2.45, 2.75) is 37.5 Å². The Morgan fingerprint density at radius 3 is 2.57 bits per heavy atom. The second-order valence-electron chi connectivity index (χ2n) is 5.11. The van der Waals surface area contributed by atoms with Crippen LogP contribution in [-0.2, 0) is 11.2 Å². The molecule has 3 nitrogen and oxygen atoms in total. The third kappa shape index (κ3) is 4.42. The fourth-order valence-corrected chi connectivity index (χ4v) is 2.35. The Balaban J connectivity index is 1.81. The largest absolute Gasteiger partial charge is 0.403 e. The van der Waals surface area contributed by atoms with Gasteiger partial charge in [-0.2, -0.15) is 13.2 Å². The van der Waals surface area contributed by atoms with Crippen LogP contribution in [0.15, 0.2) is 24.3 Å². The molecule has 2 unspecified atom stereocenters. The number of nitrogens with one attached hydrogen (secondary N) is 2. The van der Waals surface area contributed by atoms with E-state index in [1.807, 2.05) is 0 Å². The molecule has 2 rings (SSSR count). The molecule has 2 N–H and O–H groups in total. The maximum absolute atomic E-state index is 13.4. The van der Waals surface area contributed by atoms with Crippen LogP contribution in [0.5, 0.6) is 0 Å². The first-order valence-corrected chi connectivity index (χ1v) is 6.69. The topological polar surface area (TPSA) is 41.1 Å². The van der Waals surface area contributed by atoms with Gasteiger partial charge in [-0.3, -0.25) is 4.79 Å². The Bertz CT molecular complexity index is 496. The Morgan fingerprint density at radius 1 is 1.29 bits per heavy atom. The molecule has 1 aromatic carbocycles. The first-order chi connectivity index (χ1) is 9.86. The molecule has 0 saturated carbocycles. The number of rotatable bonds is 3. The molecule has 1 saturated heterocycles. The predicted molar refractivity (Wildman–Crippen MR) is 69.1 cm³/mol. The lowest BCUT2D eigenvalue weighted by Crippen LogP contribution is -2.54. The summed E-state index contributed by atoms with van der Waals surface area (Å²) in [4.78, 5) is 11.8. The van der Waals surface area contributed by atoms with Gasteiger partial charge < -0.3 is 10.6 Å². The predicted octanol–water partition coefficient (Wildman–Crippen LogP) is 2.17. The lowest BCUT2D eigenvalue weighted by molar-refractivity contribution is -0.161. The number of carbonyl (C=O) groups excluding carboxylic acids is 1. The van der Waals surface area contributed by atoms with Gasteiger partial charge >= 0.3 is 6.18 Å². The number of halogens is 4. The first-order valence-electron chi connectivity index (χ1n) is 6.69. The molecule has 21 heavy (non-hydrogen) atoms. The zero-order chi connectivity index (χ0) is 15.5. The zero-order valence-corrected chi connectivity index (χ0v) is 11.2. The summed E-state index contributed by atoms with van der Waals surface area (Å²) in [5, 5.41) is 5.01. The highest BCUT2D eigenvalue weighted by molar-refractivity contribution is 5.78. The van der Waals surface area contributed by atoms with E-state index in [2.05, 4.69) is 10.6 Å². The van der Waals surface area contributed by atoms with Gasteiger partial charge in [0.15, 0.2) is 0 Å². The van der Waals surface area contributed by atoms with Gasteiger partial charge in [0.05, 0.1) is 6.42 Å². The Labute approximate surface area is 119 Å². The monoisotopic (exact) mass is 304 g/mol. The van der Waals surface area contributed by atoms with E-state index in [0.717, 1.165) is 0 Å². The van der Waals surface area contributed by atoms with Crippen LogP contribution >= 0.6 is 0 Å². The minimum Gasteiger partial charge on any atom is -0.352 e. The summed E-state index contributed by atoms with van der Waals surface area (Å²) in [5.41, 5.74) is 0.270. The van der Waals surface area contributed by atoms with Crippen molar-refractivity contribution < 1.29 is 22.4 Å². The molecular weight excluding hydrogens is 288 g/mol. The molecule has 1 amide bonds. The van der Waals surface area contributed by atoms with Crippen LogP contribution in [0.1, 0.15) is 18.4 Å². The van der Waals surface area contributed by atoms with Crippen molar-refractivity contribution in [1.29, 1.82) is 0 Å². The van der Waals surface area contributed by atoms with E-state index < -0.39 is 23.9 Å². The second kappa shape index (κ2) is 6.43. The van der Waals surface area contributed by atoms with Crippen molar-refractivity contribution in [2.75, 3.05) is 6.54 Å². The minimum atomic E-state index is -4.26. The van der Waals surface area contributed by atoms with Gasteiger partial charge in [0.1, 0.15) is 11.9 Å². The summed E-state index contributed by atoms with van der Waals surface area (Å²) in [6, 6.07) is 4.05. The average Bonchev–Trinajstić information content (AvgIpc) is 2.41. The maximum Gasteiger partial charge on any atom is 0.403 e. The molecule has 0 aromatic heterocycles. The highest BCUT2D eigenvalue weighted by Gasteiger charge is 2.41. The highest BCUT2D eigenvalue weighted by atomic mass is 19.4. The number of amides is 1. The van der Waals surface area contributed by atoms with Crippen molar-refractivity contribution in [1.82, 2.24) is 10.6 Å². The van der Waals surface area contributed by atoms with E-state index in [1.54, 1.807) is 6.07 Å². The van der Waals surface area contributed by atoms with E-state index >= 15 is 0 Å². The van der Waals surface area contributed by atoms with Crippen molar-refractivity contribution in [3.8, 4) is 0 Å². The molecule has 1 aliphatic heterocycles. The van der Waals surface area contributed by atoms with Crippen LogP contribution in [0.25, 0.3) is 0 Å². The smallest absolute Gasteiger partial charge is 0.352 e. The van der Waals surface area contributed by atoms with Crippen LogP contribution in [0.2, 0.25) is 0 Å². The van der Waals surface area contributed by atoms with E-state index in [0.29, 0.717) is 0 Å². The second-order valence-corrected chi connectivity index (χ2v) is 5.11. The van der Waals surface area contributed by atoms with Crippen LogP contribution in [0.3, 0.4) is 0 Å². The number of hydrogen-bond donors (Lipinski definition) is 2. The summed E-state index contributed by atoms with van der Waals surface area (Å²) < 4.78 is 50.8. The van der Waals surface area contributed by atoms with Gasteiger partial charge in [-0.25, -0.2) is 4.39 Å². The Morgan fingerprint density at radius 2 is 2.00 bits per heavy atom. The molecule has 0 spiro atoms. The normalized spacial score (nSPS) is 22.9. The van der Waals surface area contributed by atoms with E-state index in [1.165, 1.54) is 18.2 Å². The number of hydrogen-bond acceptors (Lipinski definition) is 2. The Kier molecular flexibility index (Phi) is 4.82. The lowest BCUT2D eigenvalue weighted by atomic mass is 10.00. The van der Waals surface area contributed by atoms with E-state index in [4.69, 9.17) is 0 Å². The third-order valence-electron chi connectivity index (χ3n) is 3.48. The van der Waals surface area contributed by atoms with E-state index in [9.17, 15) is 22.4 Å². The lowest BCUT2D eigenvalue weighted by Gasteiger charge is -2.31. The molecule has 1 aromatic rings. The number of benzene rings is 1. The first kappa shape index (κ1) is 15.8. The molecule has 1 aliphatic rings. The van der Waals surface area contributed by atoms with Gasteiger partial charge in [0.2, 0.25) is 5.91 Å². The summed E-state index contributed by atoms with van der Waals surface area (Å²) in [7, 11) is 0. The minimum absolute atomic E-state index is 0.0627. The molecule has 116 valence electrons. The molecule has 0 radical (unpaired) electrons. The summed E-state index contributed by atoms with van der Waals surface area (Å²) in [5.74, 6) is -0.857. The number of carbonyl (C=O) groups is 1. The molecule has 0 aliphatic carbocycles. The number of alkyl halides is 3. The molecular formula is C14H16F4N2O. The molecule has 1 fully saturated rings. The summed E-state index contributed by atoms with van der Waals surface area (Å²) in [6.07, 6.45) is -4.21. The van der Waals surface area contributed by atoms with Gasteiger partial charge in [-0.15, -0.1) is 0 Å². The van der Waals surface area contributed by atoms with Crippen LogP contribution < -0.4 is 10.6 Å². The SMILES string of the molecule is O=C(Cc1ccccc1F)NC1CCC(C(F)(F)F)NC1. The van der Waals surface area contributed by atoms with Crippen molar-refractivity contribution in [3.05, 3.63) is 35.6 Å². The van der Waals surface area contributed by atoms with Gasteiger partial charge in [0.25, 0.3) is 0 Å². The summed E-state index contributed by atoms with van der Waals surface area (Å²) in [6.45, 7) is 0.0627. The molecule has 1 heterocycles. The third-order valence-corrected chi connectivity index (χ3v) is 3.48. The van der Waals surface area contributed by atoms with Crippen LogP contribution in [0, 0.1) is 5.82 Å². The highest BCUT2D eigenvalue weighted by Crippen LogP contribution is 2.26.